The second-order valence-corrected chi connectivity index (χ2v) is 6.68. The van der Waals surface area contributed by atoms with E-state index < -0.39 is 15.7 Å². The molecule has 17 heavy (non-hydrogen) atoms. The highest BCUT2D eigenvalue weighted by atomic mass is 35.5. The number of nitrogens with zero attached hydrogens (tertiary/aromatic N) is 1. The molecule has 2 aliphatic heterocycles. The third kappa shape index (κ3) is 3.12. The van der Waals surface area contributed by atoms with Crippen LogP contribution in [-0.4, -0.2) is 50.4 Å². The molecule has 1 N–H and O–H groups in total. The number of nitrogens with one attached hydrogen (secondary N) is 1. The Hall–Kier alpha value is 0.120. The molecule has 0 spiro atoms. The molecule has 0 radical (unpaired) electrons. The van der Waals surface area contributed by atoms with Crippen molar-refractivity contribution < 1.29 is 13.2 Å². The average molecular weight is 283 g/mol. The zero-order valence-corrected chi connectivity index (χ0v) is 11.4. The second-order valence-electron chi connectivity index (χ2n) is 4.74. The van der Waals surface area contributed by atoms with E-state index in [-0.39, 0.29) is 0 Å². The molecule has 0 aromatic heterocycles. The van der Waals surface area contributed by atoms with Crippen LogP contribution in [0.2, 0.25) is 0 Å². The molecule has 0 bridgehead atoms. The summed E-state index contributed by atoms with van der Waals surface area (Å²) >= 11 is 5.95. The third-order valence-corrected chi connectivity index (χ3v) is 5.70. The number of hydrogen-bond donors (Lipinski definition) is 1. The highest BCUT2D eigenvalue weighted by Crippen LogP contribution is 2.24. The average Bonchev–Trinajstić information content (AvgIpc) is 2.84. The van der Waals surface area contributed by atoms with E-state index in [0.717, 1.165) is 12.8 Å². The minimum atomic E-state index is -3.39. The maximum atomic E-state index is 12.2. The predicted molar refractivity (Wildman–Crippen MR) is 66.4 cm³/mol. The Morgan fingerprint density at radius 2 is 1.82 bits per heavy atom. The van der Waals surface area contributed by atoms with Crippen LogP contribution in [0.1, 0.15) is 25.7 Å². The van der Waals surface area contributed by atoms with Crippen LogP contribution in [0.4, 0.5) is 0 Å². The van der Waals surface area contributed by atoms with Gasteiger partial charge in [0.15, 0.2) is 0 Å². The molecular weight excluding hydrogens is 264 g/mol. The fraction of sp³-hybridized carbons (Fsp3) is 1.00. The van der Waals surface area contributed by atoms with Crippen molar-refractivity contribution in [2.45, 2.75) is 31.2 Å². The summed E-state index contributed by atoms with van der Waals surface area (Å²) in [5.74, 6) is 0.295. The lowest BCUT2D eigenvalue weighted by atomic mass is 9.94. The molecular formula is C10H19ClN2O3S. The summed E-state index contributed by atoms with van der Waals surface area (Å²) in [6.07, 6.45) is 3.17. The first-order valence-corrected chi connectivity index (χ1v) is 7.98. The molecule has 2 fully saturated rings. The van der Waals surface area contributed by atoms with Crippen LogP contribution < -0.4 is 4.72 Å². The topological polar surface area (TPSA) is 58.6 Å². The van der Waals surface area contributed by atoms with Crippen molar-refractivity contribution in [2.75, 3.05) is 32.2 Å². The molecule has 0 atom stereocenters. The van der Waals surface area contributed by atoms with Crippen LogP contribution in [-0.2, 0) is 14.9 Å². The molecule has 0 unspecified atom stereocenters. The number of ether oxygens (including phenoxy) is 1. The minimum Gasteiger partial charge on any atom is -0.381 e. The van der Waals surface area contributed by atoms with Crippen LogP contribution >= 0.6 is 11.6 Å². The van der Waals surface area contributed by atoms with Crippen LogP contribution in [0.5, 0.6) is 0 Å². The van der Waals surface area contributed by atoms with Gasteiger partial charge >= 0.3 is 0 Å². The van der Waals surface area contributed by atoms with Gasteiger partial charge in [-0.15, -0.1) is 11.6 Å². The van der Waals surface area contributed by atoms with E-state index in [1.807, 2.05) is 0 Å². The van der Waals surface area contributed by atoms with Crippen molar-refractivity contribution in [2.24, 2.45) is 0 Å². The van der Waals surface area contributed by atoms with Gasteiger partial charge in [0.05, 0.1) is 5.54 Å². The van der Waals surface area contributed by atoms with Crippen molar-refractivity contribution in [1.29, 1.82) is 0 Å². The largest absolute Gasteiger partial charge is 0.381 e. The first-order valence-electron chi connectivity index (χ1n) is 6.01. The summed E-state index contributed by atoms with van der Waals surface area (Å²) in [5, 5.41) is 0. The van der Waals surface area contributed by atoms with E-state index in [1.54, 1.807) is 0 Å². The van der Waals surface area contributed by atoms with Gasteiger partial charge in [0.25, 0.3) is 10.2 Å². The molecule has 100 valence electrons. The summed E-state index contributed by atoms with van der Waals surface area (Å²) in [6.45, 7) is 2.36. The van der Waals surface area contributed by atoms with Crippen molar-refractivity contribution in [3.8, 4) is 0 Å². The Kier molecular flexibility index (Phi) is 4.31. The predicted octanol–water partition coefficient (Wildman–Crippen LogP) is 0.705. The van der Waals surface area contributed by atoms with Gasteiger partial charge in [-0.1, -0.05) is 0 Å². The van der Waals surface area contributed by atoms with E-state index in [0.29, 0.717) is 45.0 Å². The summed E-state index contributed by atoms with van der Waals surface area (Å²) in [6, 6.07) is 0. The first kappa shape index (κ1) is 13.5. The van der Waals surface area contributed by atoms with Gasteiger partial charge < -0.3 is 4.74 Å². The summed E-state index contributed by atoms with van der Waals surface area (Å²) in [7, 11) is -3.39. The van der Waals surface area contributed by atoms with E-state index in [4.69, 9.17) is 16.3 Å². The second kappa shape index (κ2) is 5.40. The van der Waals surface area contributed by atoms with Crippen LogP contribution in [0.25, 0.3) is 0 Å². The first-order chi connectivity index (χ1) is 8.08. The SMILES string of the molecule is O=S(=O)(NC1(CCl)CCOCC1)N1CCCC1. The van der Waals surface area contributed by atoms with Crippen LogP contribution in [0, 0.1) is 0 Å². The van der Waals surface area contributed by atoms with Gasteiger partial charge in [0.1, 0.15) is 0 Å². The molecule has 7 heteroatoms. The molecule has 5 nitrogen and oxygen atoms in total. The van der Waals surface area contributed by atoms with Crippen molar-refractivity contribution >= 4 is 21.8 Å². The van der Waals surface area contributed by atoms with Gasteiger partial charge in [0.2, 0.25) is 0 Å². The normalized spacial score (nSPS) is 26.2. The van der Waals surface area contributed by atoms with Gasteiger partial charge in [-0.2, -0.15) is 17.4 Å². The van der Waals surface area contributed by atoms with E-state index in [1.165, 1.54) is 4.31 Å². The van der Waals surface area contributed by atoms with Crippen molar-refractivity contribution in [3.63, 3.8) is 0 Å². The highest BCUT2D eigenvalue weighted by molar-refractivity contribution is 7.87. The molecule has 2 heterocycles. The molecule has 2 saturated heterocycles. The molecule has 0 aliphatic carbocycles. The molecule has 0 amide bonds. The molecule has 0 saturated carbocycles. The van der Waals surface area contributed by atoms with E-state index >= 15 is 0 Å². The summed E-state index contributed by atoms with van der Waals surface area (Å²) < 4.78 is 33.9. The monoisotopic (exact) mass is 282 g/mol. The smallest absolute Gasteiger partial charge is 0.279 e. The lowest BCUT2D eigenvalue weighted by molar-refractivity contribution is 0.0543. The number of rotatable bonds is 4. The standard InChI is InChI=1S/C10H19ClN2O3S/c11-9-10(3-7-16-8-4-10)12-17(14,15)13-5-1-2-6-13/h12H,1-9H2. The lowest BCUT2D eigenvalue weighted by Gasteiger charge is -2.37. The van der Waals surface area contributed by atoms with Gasteiger partial charge in [-0.25, -0.2) is 0 Å². The Morgan fingerprint density at radius 1 is 1.24 bits per heavy atom. The Bertz CT molecular complexity index is 349. The number of halogens is 1. The fourth-order valence-corrected chi connectivity index (χ4v) is 4.40. The Morgan fingerprint density at radius 3 is 2.35 bits per heavy atom. The van der Waals surface area contributed by atoms with Crippen molar-refractivity contribution in [1.82, 2.24) is 9.03 Å². The summed E-state index contributed by atoms with van der Waals surface area (Å²) in [5.41, 5.74) is -0.527. The maximum Gasteiger partial charge on any atom is 0.279 e. The fourth-order valence-electron chi connectivity index (χ4n) is 2.29. The quantitative estimate of drug-likeness (QED) is 0.773. The van der Waals surface area contributed by atoms with Gasteiger partial charge in [0, 0.05) is 32.2 Å². The Labute approximate surface area is 108 Å². The Balaban J connectivity index is 2.06. The van der Waals surface area contributed by atoms with Gasteiger partial charge in [-0.3, -0.25) is 0 Å². The molecule has 0 aromatic rings. The molecule has 2 rings (SSSR count). The van der Waals surface area contributed by atoms with Crippen LogP contribution in [0.15, 0.2) is 0 Å². The van der Waals surface area contributed by atoms with Crippen LogP contribution in [0.3, 0.4) is 0 Å². The minimum absolute atomic E-state index is 0.295. The van der Waals surface area contributed by atoms with E-state index in [9.17, 15) is 8.42 Å². The maximum absolute atomic E-state index is 12.2. The molecule has 0 aromatic carbocycles. The third-order valence-electron chi connectivity index (χ3n) is 3.46. The van der Waals surface area contributed by atoms with Gasteiger partial charge in [-0.05, 0) is 25.7 Å². The zero-order chi connectivity index (χ0) is 12.4. The number of alkyl halides is 1. The zero-order valence-electron chi connectivity index (χ0n) is 9.82. The van der Waals surface area contributed by atoms with Crippen molar-refractivity contribution in [3.05, 3.63) is 0 Å². The van der Waals surface area contributed by atoms with E-state index in [2.05, 4.69) is 4.72 Å². The summed E-state index contributed by atoms with van der Waals surface area (Å²) in [4.78, 5) is 0. The lowest BCUT2D eigenvalue weighted by Crippen LogP contribution is -2.56. The number of hydrogen-bond acceptors (Lipinski definition) is 3. The highest BCUT2D eigenvalue weighted by Gasteiger charge is 2.38. The molecule has 2 aliphatic rings.